The normalized spacial score (nSPS) is 10.5. The van der Waals surface area contributed by atoms with Crippen molar-refractivity contribution in [1.29, 1.82) is 5.26 Å². The van der Waals surface area contributed by atoms with Gasteiger partial charge in [0.15, 0.2) is 0 Å². The highest BCUT2D eigenvalue weighted by molar-refractivity contribution is 9.08. The maximum atomic E-state index is 9.22. The molecule has 1 heterocycles. The number of rotatable bonds is 2. The van der Waals surface area contributed by atoms with Gasteiger partial charge >= 0.3 is 0 Å². The zero-order chi connectivity index (χ0) is 13.2. The smallest absolute Gasteiger partial charge is 0.101 e. The van der Waals surface area contributed by atoms with Crippen molar-refractivity contribution in [3.63, 3.8) is 0 Å². The van der Waals surface area contributed by atoms with Gasteiger partial charge in [0.2, 0.25) is 0 Å². The molecule has 1 aromatic heterocycles. The van der Waals surface area contributed by atoms with Crippen LogP contribution in [-0.4, -0.2) is 4.57 Å². The van der Waals surface area contributed by atoms with E-state index in [0.29, 0.717) is 5.56 Å². The molecule has 0 aliphatic heterocycles. The van der Waals surface area contributed by atoms with Gasteiger partial charge in [0, 0.05) is 16.9 Å². The van der Waals surface area contributed by atoms with Crippen molar-refractivity contribution in [3.8, 4) is 11.8 Å². The number of hydrogen-bond donors (Lipinski definition) is 0. The minimum atomic E-state index is 0.684. The van der Waals surface area contributed by atoms with Gasteiger partial charge in [-0.3, -0.25) is 0 Å². The second-order valence-corrected chi connectivity index (χ2v) is 4.86. The summed E-state index contributed by atoms with van der Waals surface area (Å²) < 4.78 is 2.07. The number of halogens is 1. The fourth-order valence-corrected chi connectivity index (χ4v) is 2.83. The van der Waals surface area contributed by atoms with Crippen LogP contribution >= 0.6 is 15.9 Å². The Hall–Kier alpha value is -2.05. The van der Waals surface area contributed by atoms with E-state index in [-0.39, 0.29) is 0 Å². The van der Waals surface area contributed by atoms with E-state index in [1.54, 1.807) is 0 Å². The van der Waals surface area contributed by atoms with Crippen LogP contribution in [0, 0.1) is 11.3 Å². The molecule has 0 spiro atoms. The first kappa shape index (κ1) is 12.0. The minimum Gasteiger partial charge on any atom is -0.315 e. The summed E-state index contributed by atoms with van der Waals surface area (Å²) in [4.78, 5) is 0. The predicted octanol–water partition coefficient (Wildman–Crippen LogP) is 4.40. The van der Waals surface area contributed by atoms with Crippen LogP contribution in [0.5, 0.6) is 0 Å². The third kappa shape index (κ3) is 1.94. The first-order valence-corrected chi connectivity index (χ1v) is 7.11. The van der Waals surface area contributed by atoms with Crippen molar-refractivity contribution in [2.24, 2.45) is 0 Å². The Morgan fingerprint density at radius 3 is 2.68 bits per heavy atom. The lowest BCUT2D eigenvalue weighted by Crippen LogP contribution is -1.95. The monoisotopic (exact) mass is 310 g/mol. The first-order valence-electron chi connectivity index (χ1n) is 5.99. The maximum Gasteiger partial charge on any atom is 0.101 e. The lowest BCUT2D eigenvalue weighted by atomic mass is 10.1. The summed E-state index contributed by atoms with van der Waals surface area (Å²) in [5.74, 6) is 0. The average molecular weight is 311 g/mol. The molecule has 0 saturated heterocycles. The van der Waals surface area contributed by atoms with Gasteiger partial charge in [-0.05, 0) is 29.8 Å². The highest BCUT2D eigenvalue weighted by Gasteiger charge is 2.08. The Bertz CT molecular complexity index is 781. The van der Waals surface area contributed by atoms with Crippen LogP contribution in [0.2, 0.25) is 0 Å². The molecule has 0 radical (unpaired) electrons. The van der Waals surface area contributed by atoms with Crippen molar-refractivity contribution in [3.05, 3.63) is 65.9 Å². The quantitative estimate of drug-likeness (QED) is 0.645. The summed E-state index contributed by atoms with van der Waals surface area (Å²) in [5, 5.41) is 11.3. The molecule has 0 aliphatic carbocycles. The van der Waals surface area contributed by atoms with Crippen LogP contribution in [0.25, 0.3) is 16.6 Å². The zero-order valence-electron chi connectivity index (χ0n) is 10.2. The average Bonchev–Trinajstić information content (AvgIpc) is 2.90. The summed E-state index contributed by atoms with van der Waals surface area (Å²) in [7, 11) is 0. The van der Waals surface area contributed by atoms with Crippen LogP contribution < -0.4 is 0 Å². The van der Waals surface area contributed by atoms with Crippen molar-refractivity contribution in [1.82, 2.24) is 4.57 Å². The number of fused-ring (bicyclic) bond motifs is 1. The lowest BCUT2D eigenvalue weighted by Gasteiger charge is -2.08. The van der Waals surface area contributed by atoms with E-state index in [9.17, 15) is 5.26 Å². The van der Waals surface area contributed by atoms with Gasteiger partial charge in [0.1, 0.15) is 6.07 Å². The third-order valence-electron chi connectivity index (χ3n) is 3.25. The summed E-state index contributed by atoms with van der Waals surface area (Å²) in [6.07, 6.45) is 2.02. The molecule has 0 aliphatic rings. The van der Waals surface area contributed by atoms with E-state index in [1.165, 1.54) is 10.9 Å². The van der Waals surface area contributed by atoms with E-state index in [1.807, 2.05) is 36.5 Å². The predicted molar refractivity (Wildman–Crippen MR) is 80.6 cm³/mol. The molecule has 2 nitrogen and oxygen atoms in total. The van der Waals surface area contributed by atoms with Gasteiger partial charge in [-0.1, -0.05) is 40.2 Å². The van der Waals surface area contributed by atoms with Crippen LogP contribution in [0.15, 0.2) is 54.7 Å². The lowest BCUT2D eigenvalue weighted by molar-refractivity contribution is 1.12. The second kappa shape index (κ2) is 4.91. The fourth-order valence-electron chi connectivity index (χ4n) is 2.34. The summed E-state index contributed by atoms with van der Waals surface area (Å²) in [6, 6.07) is 18.2. The van der Waals surface area contributed by atoms with Crippen LogP contribution in [0.4, 0.5) is 0 Å². The number of alkyl halides is 1. The molecule has 0 N–H and O–H groups in total. The van der Waals surface area contributed by atoms with Crippen molar-refractivity contribution in [2.45, 2.75) is 5.33 Å². The number of para-hydroxylation sites is 1. The maximum absolute atomic E-state index is 9.22. The molecule has 0 atom stereocenters. The number of aromatic nitrogens is 1. The summed E-state index contributed by atoms with van der Waals surface area (Å²) in [6.45, 7) is 0. The SMILES string of the molecule is N#Cc1ccccc1-n1ccc2c(CBr)cccc21. The van der Waals surface area contributed by atoms with Gasteiger partial charge in [-0.25, -0.2) is 0 Å². The van der Waals surface area contributed by atoms with E-state index in [4.69, 9.17) is 0 Å². The van der Waals surface area contributed by atoms with Gasteiger partial charge < -0.3 is 4.57 Å². The Morgan fingerprint density at radius 2 is 1.89 bits per heavy atom. The molecular weight excluding hydrogens is 300 g/mol. The highest BCUT2D eigenvalue weighted by Crippen LogP contribution is 2.26. The van der Waals surface area contributed by atoms with Gasteiger partial charge in [0.05, 0.1) is 16.8 Å². The Labute approximate surface area is 120 Å². The molecule has 0 bridgehead atoms. The minimum absolute atomic E-state index is 0.684. The van der Waals surface area contributed by atoms with Gasteiger partial charge in [-0.15, -0.1) is 0 Å². The zero-order valence-corrected chi connectivity index (χ0v) is 11.8. The van der Waals surface area contributed by atoms with Crippen LogP contribution in [-0.2, 0) is 5.33 Å². The molecule has 3 heteroatoms. The van der Waals surface area contributed by atoms with E-state index < -0.39 is 0 Å². The van der Waals surface area contributed by atoms with Crippen LogP contribution in [0.3, 0.4) is 0 Å². The highest BCUT2D eigenvalue weighted by atomic mass is 79.9. The molecule has 3 rings (SSSR count). The topological polar surface area (TPSA) is 28.7 Å². The van der Waals surface area contributed by atoms with Crippen LogP contribution in [0.1, 0.15) is 11.1 Å². The molecule has 0 saturated carbocycles. The first-order chi connectivity index (χ1) is 9.35. The third-order valence-corrected chi connectivity index (χ3v) is 3.86. The van der Waals surface area contributed by atoms with Crippen molar-refractivity contribution >= 4 is 26.8 Å². The number of hydrogen-bond acceptors (Lipinski definition) is 1. The van der Waals surface area contributed by atoms with Crippen molar-refractivity contribution in [2.75, 3.05) is 0 Å². The molecule has 0 unspecified atom stereocenters. The Morgan fingerprint density at radius 1 is 1.05 bits per heavy atom. The molecule has 19 heavy (non-hydrogen) atoms. The van der Waals surface area contributed by atoms with Crippen molar-refractivity contribution < 1.29 is 0 Å². The van der Waals surface area contributed by atoms with E-state index in [0.717, 1.165) is 16.5 Å². The van der Waals surface area contributed by atoms with Gasteiger partial charge in [0.25, 0.3) is 0 Å². The second-order valence-electron chi connectivity index (χ2n) is 4.30. The summed E-state index contributed by atoms with van der Waals surface area (Å²) >= 11 is 3.51. The number of nitriles is 1. The summed E-state index contributed by atoms with van der Waals surface area (Å²) in [5.41, 5.74) is 3.99. The fraction of sp³-hybridized carbons (Fsp3) is 0.0625. The molecule has 3 aromatic rings. The number of nitrogens with zero attached hydrogens (tertiary/aromatic N) is 2. The molecule has 92 valence electrons. The molecule has 0 fully saturated rings. The van der Waals surface area contributed by atoms with E-state index >= 15 is 0 Å². The molecule has 2 aromatic carbocycles. The van der Waals surface area contributed by atoms with E-state index in [2.05, 4.69) is 44.8 Å². The Kier molecular flexibility index (Phi) is 3.10. The molecular formula is C16H11BrN2. The standard InChI is InChI=1S/C16H11BrN2/c17-10-12-5-3-7-16-14(12)8-9-19(16)15-6-2-1-4-13(15)11-18/h1-9H,10H2. The molecule has 0 amide bonds. The largest absolute Gasteiger partial charge is 0.315 e. The van der Waals surface area contributed by atoms with Gasteiger partial charge in [-0.2, -0.15) is 5.26 Å². The number of benzene rings is 2. The Balaban J connectivity index is 2.30.